The molecule has 1 saturated heterocycles. The zero-order valence-corrected chi connectivity index (χ0v) is 9.47. The number of para-hydroxylation sites is 1. The van der Waals surface area contributed by atoms with Crippen LogP contribution in [0.15, 0.2) is 18.2 Å². The van der Waals surface area contributed by atoms with Gasteiger partial charge in [0.25, 0.3) is 0 Å². The van der Waals surface area contributed by atoms with Crippen LogP contribution in [0.1, 0.15) is 12.0 Å². The first-order chi connectivity index (χ1) is 7.58. The maximum atomic E-state index is 11.4. The van der Waals surface area contributed by atoms with E-state index in [0.717, 1.165) is 5.56 Å². The maximum Gasteiger partial charge on any atom is 0.249 e. The largest absolute Gasteiger partial charge is 0.372 e. The summed E-state index contributed by atoms with van der Waals surface area (Å²) in [5.41, 5.74) is 1.65. The summed E-state index contributed by atoms with van der Waals surface area (Å²) < 4.78 is 0. The number of anilines is 1. The molecule has 4 nitrogen and oxygen atoms in total. The van der Waals surface area contributed by atoms with Gasteiger partial charge in [-0.3, -0.25) is 14.9 Å². The molecule has 0 aromatic heterocycles. The van der Waals surface area contributed by atoms with E-state index in [1.165, 1.54) is 0 Å². The Morgan fingerprint density at radius 3 is 2.75 bits per heavy atom. The van der Waals surface area contributed by atoms with E-state index in [1.807, 2.05) is 19.1 Å². The van der Waals surface area contributed by atoms with Crippen LogP contribution in [0.2, 0.25) is 5.02 Å². The summed E-state index contributed by atoms with van der Waals surface area (Å²) in [5, 5.41) is 5.78. The van der Waals surface area contributed by atoms with E-state index >= 15 is 0 Å². The van der Waals surface area contributed by atoms with E-state index in [9.17, 15) is 9.59 Å². The Hall–Kier alpha value is -1.55. The lowest BCUT2D eigenvalue weighted by atomic mass is 10.1. The van der Waals surface area contributed by atoms with Gasteiger partial charge in [-0.05, 0) is 18.6 Å². The SMILES string of the molecule is Cc1cccc(Cl)c1NC1CC(=O)NC1=O. The number of nitrogens with one attached hydrogen (secondary N) is 2. The molecule has 0 radical (unpaired) electrons. The van der Waals surface area contributed by atoms with Gasteiger partial charge in [-0.1, -0.05) is 23.7 Å². The third-order valence-corrected chi connectivity index (χ3v) is 2.82. The molecule has 1 atom stereocenters. The molecule has 2 amide bonds. The molecular formula is C11H11ClN2O2. The minimum atomic E-state index is -0.522. The fraction of sp³-hybridized carbons (Fsp3) is 0.273. The molecule has 1 aliphatic rings. The Balaban J connectivity index is 2.21. The minimum Gasteiger partial charge on any atom is -0.372 e. The standard InChI is InChI=1S/C11H11ClN2O2/c1-6-3-2-4-7(12)10(6)13-8-5-9(15)14-11(8)16/h2-4,8,13H,5H2,1H3,(H,14,15,16). The Kier molecular flexibility index (Phi) is 2.83. The Morgan fingerprint density at radius 2 is 2.19 bits per heavy atom. The van der Waals surface area contributed by atoms with Gasteiger partial charge in [-0.25, -0.2) is 0 Å². The second-order valence-electron chi connectivity index (χ2n) is 3.75. The zero-order valence-electron chi connectivity index (χ0n) is 8.71. The predicted molar refractivity (Wildman–Crippen MR) is 61.4 cm³/mol. The maximum absolute atomic E-state index is 11.4. The Bertz CT molecular complexity index is 439. The van der Waals surface area contributed by atoms with E-state index < -0.39 is 6.04 Å². The number of halogens is 1. The van der Waals surface area contributed by atoms with Crippen LogP contribution < -0.4 is 10.6 Å². The molecule has 1 aromatic rings. The van der Waals surface area contributed by atoms with Crippen LogP contribution >= 0.6 is 11.6 Å². The van der Waals surface area contributed by atoms with Gasteiger partial charge in [0, 0.05) is 0 Å². The number of imide groups is 1. The van der Waals surface area contributed by atoms with Crippen LogP contribution in [0, 0.1) is 6.92 Å². The van der Waals surface area contributed by atoms with Gasteiger partial charge in [0.05, 0.1) is 17.1 Å². The molecule has 0 bridgehead atoms. The monoisotopic (exact) mass is 238 g/mol. The summed E-state index contributed by atoms with van der Waals surface area (Å²) in [6.45, 7) is 1.89. The highest BCUT2D eigenvalue weighted by atomic mass is 35.5. The van der Waals surface area contributed by atoms with Crippen LogP contribution in [0.4, 0.5) is 5.69 Å². The number of rotatable bonds is 2. The summed E-state index contributed by atoms with van der Waals surface area (Å²) in [6, 6.07) is 4.95. The summed E-state index contributed by atoms with van der Waals surface area (Å²) in [6.07, 6.45) is 0.156. The fourth-order valence-electron chi connectivity index (χ4n) is 1.66. The fourth-order valence-corrected chi connectivity index (χ4v) is 1.94. The van der Waals surface area contributed by atoms with Crippen molar-refractivity contribution in [1.82, 2.24) is 5.32 Å². The van der Waals surface area contributed by atoms with Crippen LogP contribution in [-0.2, 0) is 9.59 Å². The number of hydrogen-bond donors (Lipinski definition) is 2. The summed E-state index contributed by atoms with van der Waals surface area (Å²) in [5.74, 6) is -0.559. The molecule has 2 rings (SSSR count). The van der Waals surface area contributed by atoms with Crippen molar-refractivity contribution in [3.8, 4) is 0 Å². The first-order valence-corrected chi connectivity index (χ1v) is 5.31. The van der Waals surface area contributed by atoms with Crippen molar-refractivity contribution in [2.45, 2.75) is 19.4 Å². The number of carbonyl (C=O) groups excluding carboxylic acids is 2. The van der Waals surface area contributed by atoms with E-state index in [4.69, 9.17) is 11.6 Å². The number of amides is 2. The third kappa shape index (κ3) is 2.02. The topological polar surface area (TPSA) is 58.2 Å². The van der Waals surface area contributed by atoms with Gasteiger partial charge in [-0.2, -0.15) is 0 Å². The van der Waals surface area contributed by atoms with Crippen molar-refractivity contribution in [1.29, 1.82) is 0 Å². The van der Waals surface area contributed by atoms with Crippen molar-refractivity contribution in [2.75, 3.05) is 5.32 Å². The van der Waals surface area contributed by atoms with Gasteiger partial charge in [0.2, 0.25) is 11.8 Å². The lowest BCUT2D eigenvalue weighted by Gasteiger charge is -2.14. The molecule has 0 saturated carbocycles. The summed E-state index contributed by atoms with van der Waals surface area (Å²) in [7, 11) is 0. The van der Waals surface area contributed by atoms with Crippen molar-refractivity contribution >= 4 is 29.1 Å². The normalized spacial score (nSPS) is 19.8. The smallest absolute Gasteiger partial charge is 0.249 e. The highest BCUT2D eigenvalue weighted by molar-refractivity contribution is 6.33. The van der Waals surface area contributed by atoms with Crippen molar-refractivity contribution in [2.24, 2.45) is 0 Å². The second kappa shape index (κ2) is 4.14. The molecule has 1 aliphatic heterocycles. The van der Waals surface area contributed by atoms with E-state index in [2.05, 4.69) is 10.6 Å². The first kappa shape index (κ1) is 11.0. The molecule has 1 fully saturated rings. The van der Waals surface area contributed by atoms with E-state index in [-0.39, 0.29) is 18.2 Å². The van der Waals surface area contributed by atoms with Gasteiger partial charge in [0.1, 0.15) is 6.04 Å². The molecule has 0 aliphatic carbocycles. The lowest BCUT2D eigenvalue weighted by Crippen LogP contribution is -2.30. The average Bonchev–Trinajstić information content (AvgIpc) is 2.51. The first-order valence-electron chi connectivity index (χ1n) is 4.93. The Morgan fingerprint density at radius 1 is 1.44 bits per heavy atom. The third-order valence-electron chi connectivity index (χ3n) is 2.51. The molecule has 84 valence electrons. The van der Waals surface area contributed by atoms with Gasteiger partial charge in [0.15, 0.2) is 0 Å². The number of aryl methyl sites for hydroxylation is 1. The highest BCUT2D eigenvalue weighted by Crippen LogP contribution is 2.26. The van der Waals surface area contributed by atoms with Crippen LogP contribution in [-0.4, -0.2) is 17.9 Å². The lowest BCUT2D eigenvalue weighted by molar-refractivity contribution is -0.124. The number of carbonyl (C=O) groups is 2. The molecule has 1 heterocycles. The highest BCUT2D eigenvalue weighted by Gasteiger charge is 2.30. The molecule has 1 aromatic carbocycles. The second-order valence-corrected chi connectivity index (χ2v) is 4.15. The van der Waals surface area contributed by atoms with Gasteiger partial charge >= 0.3 is 0 Å². The molecule has 16 heavy (non-hydrogen) atoms. The van der Waals surface area contributed by atoms with Crippen molar-refractivity contribution in [3.63, 3.8) is 0 Å². The van der Waals surface area contributed by atoms with E-state index in [1.54, 1.807) is 6.07 Å². The van der Waals surface area contributed by atoms with Crippen LogP contribution in [0.25, 0.3) is 0 Å². The van der Waals surface area contributed by atoms with Crippen molar-refractivity contribution < 1.29 is 9.59 Å². The molecule has 5 heteroatoms. The minimum absolute atomic E-state index is 0.156. The predicted octanol–water partition coefficient (Wildman–Crippen LogP) is 1.48. The quantitative estimate of drug-likeness (QED) is 0.768. The van der Waals surface area contributed by atoms with Crippen molar-refractivity contribution in [3.05, 3.63) is 28.8 Å². The van der Waals surface area contributed by atoms with Gasteiger partial charge < -0.3 is 5.32 Å². The molecule has 2 N–H and O–H groups in total. The Labute approximate surface area is 98.0 Å². The molecular weight excluding hydrogens is 228 g/mol. The number of hydrogen-bond acceptors (Lipinski definition) is 3. The molecule has 1 unspecified atom stereocenters. The zero-order chi connectivity index (χ0) is 11.7. The number of benzene rings is 1. The summed E-state index contributed by atoms with van der Waals surface area (Å²) >= 11 is 6.01. The van der Waals surface area contributed by atoms with E-state index in [0.29, 0.717) is 10.7 Å². The average molecular weight is 239 g/mol. The molecule has 0 spiro atoms. The van der Waals surface area contributed by atoms with Crippen LogP contribution in [0.3, 0.4) is 0 Å². The van der Waals surface area contributed by atoms with Gasteiger partial charge in [-0.15, -0.1) is 0 Å². The van der Waals surface area contributed by atoms with Crippen LogP contribution in [0.5, 0.6) is 0 Å². The summed E-state index contributed by atoms with van der Waals surface area (Å²) in [4.78, 5) is 22.4.